The van der Waals surface area contributed by atoms with Crippen molar-refractivity contribution < 1.29 is 19.4 Å². The lowest BCUT2D eigenvalue weighted by Gasteiger charge is -2.35. The third kappa shape index (κ3) is 5.41. The molecular weight excluding hydrogens is 392 g/mol. The van der Waals surface area contributed by atoms with Crippen molar-refractivity contribution >= 4 is 23.4 Å². The second-order valence-corrected chi connectivity index (χ2v) is 7.46. The van der Waals surface area contributed by atoms with Gasteiger partial charge in [-0.25, -0.2) is 0 Å². The number of piperazine rings is 1. The third-order valence-corrected chi connectivity index (χ3v) is 5.41. The quantitative estimate of drug-likeness (QED) is 0.732. The van der Waals surface area contributed by atoms with Crippen LogP contribution in [0.1, 0.15) is 28.8 Å². The van der Waals surface area contributed by atoms with Crippen molar-refractivity contribution in [2.45, 2.75) is 19.8 Å². The normalized spacial score (nSPS) is 14.0. The number of amides is 2. The van der Waals surface area contributed by atoms with Gasteiger partial charge in [-0.3, -0.25) is 9.59 Å². The summed E-state index contributed by atoms with van der Waals surface area (Å²) >= 11 is 6.00. The molecule has 0 radical (unpaired) electrons. The van der Waals surface area contributed by atoms with Gasteiger partial charge in [0.05, 0.1) is 12.2 Å². The largest absolute Gasteiger partial charge is 0.507 e. The number of carbonyl (C=O) groups is 2. The molecule has 1 saturated heterocycles. The van der Waals surface area contributed by atoms with E-state index in [1.165, 1.54) is 6.07 Å². The Bertz CT molecular complexity index is 879. The monoisotopic (exact) mass is 416 g/mol. The van der Waals surface area contributed by atoms with Crippen molar-refractivity contribution in [1.29, 1.82) is 0 Å². The molecule has 1 aliphatic rings. The van der Waals surface area contributed by atoms with E-state index >= 15 is 0 Å². The van der Waals surface area contributed by atoms with Gasteiger partial charge < -0.3 is 19.6 Å². The summed E-state index contributed by atoms with van der Waals surface area (Å²) in [4.78, 5) is 28.4. The Morgan fingerprint density at radius 1 is 1.07 bits per heavy atom. The third-order valence-electron chi connectivity index (χ3n) is 4.99. The van der Waals surface area contributed by atoms with Crippen LogP contribution in [-0.4, -0.2) is 59.5 Å². The fourth-order valence-electron chi connectivity index (χ4n) is 3.26. The van der Waals surface area contributed by atoms with E-state index in [0.717, 1.165) is 11.3 Å². The molecule has 0 spiro atoms. The van der Waals surface area contributed by atoms with Crippen LogP contribution in [0, 0.1) is 6.92 Å². The van der Waals surface area contributed by atoms with Crippen LogP contribution in [0.2, 0.25) is 5.02 Å². The van der Waals surface area contributed by atoms with Gasteiger partial charge in [0.25, 0.3) is 5.91 Å². The van der Waals surface area contributed by atoms with E-state index in [2.05, 4.69) is 0 Å². The number of carbonyl (C=O) groups excluding carboxylic acids is 2. The number of ether oxygens (including phenoxy) is 1. The number of phenols is 1. The molecule has 29 heavy (non-hydrogen) atoms. The number of nitrogens with zero attached hydrogens (tertiary/aromatic N) is 2. The van der Waals surface area contributed by atoms with E-state index in [4.69, 9.17) is 16.3 Å². The molecule has 1 N–H and O–H groups in total. The highest BCUT2D eigenvalue weighted by Crippen LogP contribution is 2.21. The van der Waals surface area contributed by atoms with Crippen molar-refractivity contribution in [2.75, 3.05) is 32.8 Å². The molecule has 0 atom stereocenters. The van der Waals surface area contributed by atoms with Gasteiger partial charge in [-0.05, 0) is 49.2 Å². The molecule has 2 aromatic rings. The minimum Gasteiger partial charge on any atom is -0.507 e. The number of aryl methyl sites for hydroxylation is 1. The number of halogens is 1. The zero-order chi connectivity index (χ0) is 20.8. The molecule has 2 amide bonds. The number of benzene rings is 2. The van der Waals surface area contributed by atoms with Crippen LogP contribution < -0.4 is 4.74 Å². The van der Waals surface area contributed by atoms with E-state index in [1.54, 1.807) is 34.1 Å². The van der Waals surface area contributed by atoms with Crippen LogP contribution in [0.5, 0.6) is 11.5 Å². The Labute approximate surface area is 175 Å². The van der Waals surface area contributed by atoms with E-state index in [-0.39, 0.29) is 17.6 Å². The molecule has 1 fully saturated rings. The second-order valence-electron chi connectivity index (χ2n) is 7.05. The highest BCUT2D eigenvalue weighted by molar-refractivity contribution is 6.31. The molecule has 1 heterocycles. The highest BCUT2D eigenvalue weighted by atomic mass is 35.5. The molecule has 0 aromatic heterocycles. The number of rotatable bonds is 6. The molecule has 2 aromatic carbocycles. The van der Waals surface area contributed by atoms with Gasteiger partial charge in [0.2, 0.25) is 5.91 Å². The van der Waals surface area contributed by atoms with Crippen molar-refractivity contribution in [3.05, 3.63) is 58.6 Å². The van der Waals surface area contributed by atoms with Crippen molar-refractivity contribution in [3.63, 3.8) is 0 Å². The van der Waals surface area contributed by atoms with E-state index < -0.39 is 0 Å². The maximum atomic E-state index is 12.5. The van der Waals surface area contributed by atoms with Gasteiger partial charge in [0.1, 0.15) is 11.5 Å². The molecule has 0 bridgehead atoms. The first-order valence-electron chi connectivity index (χ1n) is 9.69. The van der Waals surface area contributed by atoms with Crippen LogP contribution in [0.4, 0.5) is 0 Å². The summed E-state index contributed by atoms with van der Waals surface area (Å²) in [6, 6.07) is 12.0. The number of hydrogen-bond acceptors (Lipinski definition) is 4. The average Bonchev–Trinajstić information content (AvgIpc) is 2.73. The minimum atomic E-state index is -0.207. The zero-order valence-corrected chi connectivity index (χ0v) is 17.2. The van der Waals surface area contributed by atoms with Gasteiger partial charge in [0.15, 0.2) is 0 Å². The van der Waals surface area contributed by atoms with Crippen molar-refractivity contribution in [2.24, 2.45) is 0 Å². The van der Waals surface area contributed by atoms with E-state index in [1.807, 2.05) is 19.1 Å². The van der Waals surface area contributed by atoms with Crippen molar-refractivity contribution in [1.82, 2.24) is 9.80 Å². The summed E-state index contributed by atoms with van der Waals surface area (Å²) in [7, 11) is 0. The second kappa shape index (κ2) is 9.65. The van der Waals surface area contributed by atoms with Crippen LogP contribution in [-0.2, 0) is 4.79 Å². The number of para-hydroxylation sites is 1. The lowest BCUT2D eigenvalue weighted by atomic mass is 10.1. The predicted molar refractivity (Wildman–Crippen MR) is 112 cm³/mol. The maximum absolute atomic E-state index is 12.5. The molecular formula is C22H25ClN2O4. The van der Waals surface area contributed by atoms with Gasteiger partial charge in [-0.1, -0.05) is 23.7 Å². The Hall–Kier alpha value is -2.73. The SMILES string of the molecule is Cc1cc(OCCCC(=O)N2CCN(C(=O)c3ccccc3O)CC2)ccc1Cl. The lowest BCUT2D eigenvalue weighted by molar-refractivity contribution is -0.132. The summed E-state index contributed by atoms with van der Waals surface area (Å²) < 4.78 is 5.68. The fraction of sp³-hybridized carbons (Fsp3) is 0.364. The summed E-state index contributed by atoms with van der Waals surface area (Å²) in [5.74, 6) is 0.583. The molecule has 7 heteroatoms. The maximum Gasteiger partial charge on any atom is 0.257 e. The first-order valence-corrected chi connectivity index (χ1v) is 10.1. The average molecular weight is 417 g/mol. The number of aromatic hydroxyl groups is 1. The fourth-order valence-corrected chi connectivity index (χ4v) is 3.38. The number of phenolic OH excluding ortho intramolecular Hbond substituents is 1. The zero-order valence-electron chi connectivity index (χ0n) is 16.4. The number of hydrogen-bond donors (Lipinski definition) is 1. The smallest absolute Gasteiger partial charge is 0.257 e. The van der Waals surface area contributed by atoms with E-state index in [9.17, 15) is 14.7 Å². The molecule has 0 aliphatic carbocycles. The Morgan fingerprint density at radius 2 is 1.76 bits per heavy atom. The summed E-state index contributed by atoms with van der Waals surface area (Å²) in [5, 5.41) is 10.6. The molecule has 1 aliphatic heterocycles. The predicted octanol–water partition coefficient (Wildman–Crippen LogP) is 3.50. The summed E-state index contributed by atoms with van der Waals surface area (Å²) in [6.45, 7) is 4.28. The molecule has 154 valence electrons. The lowest BCUT2D eigenvalue weighted by Crippen LogP contribution is -2.50. The van der Waals surface area contributed by atoms with Crippen LogP contribution in [0.3, 0.4) is 0 Å². The first-order chi connectivity index (χ1) is 14.0. The first kappa shape index (κ1) is 21.0. The molecule has 6 nitrogen and oxygen atoms in total. The Kier molecular flexibility index (Phi) is 6.99. The van der Waals surface area contributed by atoms with Gasteiger partial charge in [-0.2, -0.15) is 0 Å². The van der Waals surface area contributed by atoms with Gasteiger partial charge >= 0.3 is 0 Å². The molecule has 0 saturated carbocycles. The molecule has 3 rings (SSSR count). The highest BCUT2D eigenvalue weighted by Gasteiger charge is 2.25. The van der Waals surface area contributed by atoms with E-state index in [0.29, 0.717) is 56.2 Å². The Balaban J connectivity index is 1.40. The van der Waals surface area contributed by atoms with Crippen LogP contribution in [0.15, 0.2) is 42.5 Å². The van der Waals surface area contributed by atoms with Crippen LogP contribution >= 0.6 is 11.6 Å². The van der Waals surface area contributed by atoms with Gasteiger partial charge in [0, 0.05) is 37.6 Å². The summed E-state index contributed by atoms with van der Waals surface area (Å²) in [6.07, 6.45) is 1.03. The standard InChI is InChI=1S/C22H25ClN2O4/c1-16-15-17(8-9-19(16)23)29-14-4-7-21(27)24-10-12-25(13-11-24)22(28)18-5-2-3-6-20(18)26/h2-3,5-6,8-9,15,26H,4,7,10-14H2,1H3. The summed E-state index contributed by atoms with van der Waals surface area (Å²) in [5.41, 5.74) is 1.25. The Morgan fingerprint density at radius 3 is 2.45 bits per heavy atom. The minimum absolute atomic E-state index is 0.0214. The van der Waals surface area contributed by atoms with Crippen molar-refractivity contribution in [3.8, 4) is 11.5 Å². The molecule has 0 unspecified atom stereocenters. The van der Waals surface area contributed by atoms with Gasteiger partial charge in [-0.15, -0.1) is 0 Å². The topological polar surface area (TPSA) is 70.1 Å². The van der Waals surface area contributed by atoms with Crippen LogP contribution in [0.25, 0.3) is 0 Å².